The van der Waals surface area contributed by atoms with E-state index in [0.29, 0.717) is 25.3 Å². The lowest BCUT2D eigenvalue weighted by Crippen LogP contribution is -2.47. The summed E-state index contributed by atoms with van der Waals surface area (Å²) in [5.74, 6) is -0.500. The Morgan fingerprint density at radius 1 is 1.13 bits per heavy atom. The lowest BCUT2D eigenvalue weighted by Gasteiger charge is -2.30. The Bertz CT molecular complexity index is 737. The van der Waals surface area contributed by atoms with Gasteiger partial charge in [-0.25, -0.2) is 0 Å². The van der Waals surface area contributed by atoms with Crippen LogP contribution >= 0.6 is 0 Å². The van der Waals surface area contributed by atoms with E-state index in [0.717, 1.165) is 37.5 Å². The molecule has 164 valence electrons. The van der Waals surface area contributed by atoms with Gasteiger partial charge in [-0.05, 0) is 69.0 Å². The van der Waals surface area contributed by atoms with E-state index in [1.807, 2.05) is 17.0 Å². The van der Waals surface area contributed by atoms with Gasteiger partial charge in [-0.2, -0.15) is 0 Å². The van der Waals surface area contributed by atoms with E-state index in [2.05, 4.69) is 27.8 Å². The Kier molecular flexibility index (Phi) is 8.07. The first-order chi connectivity index (χ1) is 14.5. The van der Waals surface area contributed by atoms with Crippen LogP contribution in [-0.4, -0.2) is 68.4 Å². The van der Waals surface area contributed by atoms with E-state index in [4.69, 9.17) is 0 Å². The summed E-state index contributed by atoms with van der Waals surface area (Å²) in [6.07, 6.45) is 4.47. The van der Waals surface area contributed by atoms with Crippen molar-refractivity contribution in [2.45, 2.75) is 32.6 Å². The molecular weight excluding hydrogens is 382 g/mol. The van der Waals surface area contributed by atoms with Crippen LogP contribution < -0.4 is 20.9 Å². The van der Waals surface area contributed by atoms with Crippen molar-refractivity contribution in [1.29, 1.82) is 0 Å². The van der Waals surface area contributed by atoms with Gasteiger partial charge >= 0.3 is 11.8 Å². The van der Waals surface area contributed by atoms with Gasteiger partial charge in [0.15, 0.2) is 0 Å². The zero-order valence-electron chi connectivity index (χ0n) is 17.8. The molecule has 1 atom stereocenters. The van der Waals surface area contributed by atoms with Crippen molar-refractivity contribution < 1.29 is 14.4 Å². The fraction of sp³-hybridized carbons (Fsp3) is 0.591. The van der Waals surface area contributed by atoms with Crippen molar-refractivity contribution in [1.82, 2.24) is 15.5 Å². The maximum absolute atomic E-state index is 12.1. The molecule has 2 aliphatic heterocycles. The molecule has 1 aromatic rings. The molecule has 0 spiro atoms. The summed E-state index contributed by atoms with van der Waals surface area (Å²) in [5, 5.41) is 8.11. The van der Waals surface area contributed by atoms with Crippen molar-refractivity contribution in [2.24, 2.45) is 5.92 Å². The number of nitrogens with zero attached hydrogens (tertiary/aromatic N) is 2. The van der Waals surface area contributed by atoms with Crippen LogP contribution in [-0.2, 0) is 14.4 Å². The normalized spacial score (nSPS) is 19.8. The Labute approximate surface area is 178 Å². The summed E-state index contributed by atoms with van der Waals surface area (Å²) in [5.41, 5.74) is 1.47. The summed E-state index contributed by atoms with van der Waals surface area (Å²) in [6, 6.07) is 7.17. The number of amides is 3. The zero-order chi connectivity index (χ0) is 21.3. The van der Waals surface area contributed by atoms with Crippen LogP contribution in [0.3, 0.4) is 0 Å². The number of piperazine rings is 1. The number of hydrogen-bond acceptors (Lipinski definition) is 5. The van der Waals surface area contributed by atoms with Gasteiger partial charge in [-0.3, -0.25) is 14.4 Å². The molecule has 0 bridgehead atoms. The van der Waals surface area contributed by atoms with E-state index in [1.54, 1.807) is 12.1 Å². The minimum absolute atomic E-state index is 0.000729. The maximum atomic E-state index is 12.1. The molecule has 2 aliphatic rings. The third-order valence-electron chi connectivity index (χ3n) is 5.66. The molecule has 8 heteroatoms. The molecule has 30 heavy (non-hydrogen) atoms. The number of anilines is 2. The van der Waals surface area contributed by atoms with Crippen LogP contribution in [0, 0.1) is 5.92 Å². The minimum atomic E-state index is -0.662. The monoisotopic (exact) mass is 415 g/mol. The fourth-order valence-electron chi connectivity index (χ4n) is 4.03. The summed E-state index contributed by atoms with van der Waals surface area (Å²) in [7, 11) is 0. The second kappa shape index (κ2) is 11.0. The first-order valence-corrected chi connectivity index (χ1v) is 10.9. The predicted molar refractivity (Wildman–Crippen MR) is 117 cm³/mol. The molecule has 0 unspecified atom stereocenters. The van der Waals surface area contributed by atoms with Crippen LogP contribution in [0.15, 0.2) is 24.3 Å². The van der Waals surface area contributed by atoms with Crippen LogP contribution in [0.25, 0.3) is 0 Å². The Hall–Kier alpha value is -2.61. The van der Waals surface area contributed by atoms with E-state index >= 15 is 0 Å². The van der Waals surface area contributed by atoms with Gasteiger partial charge in [0.25, 0.3) is 0 Å². The fourth-order valence-corrected chi connectivity index (χ4v) is 4.03. The highest BCUT2D eigenvalue weighted by molar-refractivity contribution is 6.39. The summed E-state index contributed by atoms with van der Waals surface area (Å²) >= 11 is 0. The number of nitrogens with one attached hydrogen (secondary N) is 3. The molecule has 0 aromatic heterocycles. The van der Waals surface area contributed by atoms with Crippen LogP contribution in [0.2, 0.25) is 0 Å². The van der Waals surface area contributed by atoms with E-state index in [9.17, 15) is 14.4 Å². The van der Waals surface area contributed by atoms with Crippen molar-refractivity contribution in [3.8, 4) is 0 Å². The van der Waals surface area contributed by atoms with Gasteiger partial charge in [0.1, 0.15) is 0 Å². The molecule has 2 saturated heterocycles. The number of benzene rings is 1. The topological polar surface area (TPSA) is 93.8 Å². The van der Waals surface area contributed by atoms with E-state index in [1.165, 1.54) is 25.9 Å². The summed E-state index contributed by atoms with van der Waals surface area (Å²) in [6.45, 7) is 7.88. The molecule has 2 heterocycles. The number of unbranched alkanes of at least 4 members (excludes halogenated alkanes) is 1. The molecular formula is C22H33N5O3. The molecule has 2 fully saturated rings. The average Bonchev–Trinajstić information content (AvgIpc) is 2.74. The second-order valence-corrected chi connectivity index (χ2v) is 8.28. The first kappa shape index (κ1) is 22.1. The molecule has 1 aromatic carbocycles. The zero-order valence-corrected chi connectivity index (χ0v) is 17.8. The molecule has 3 amide bonds. The van der Waals surface area contributed by atoms with Crippen molar-refractivity contribution in [2.75, 3.05) is 56.0 Å². The van der Waals surface area contributed by atoms with Crippen LogP contribution in [0.4, 0.5) is 11.4 Å². The Morgan fingerprint density at radius 2 is 1.93 bits per heavy atom. The highest BCUT2D eigenvalue weighted by Crippen LogP contribution is 2.18. The quantitative estimate of drug-likeness (QED) is 0.459. The second-order valence-electron chi connectivity index (χ2n) is 8.28. The van der Waals surface area contributed by atoms with Crippen LogP contribution in [0.5, 0.6) is 0 Å². The molecule has 0 saturated carbocycles. The highest BCUT2D eigenvalue weighted by Gasteiger charge is 2.18. The van der Waals surface area contributed by atoms with E-state index in [-0.39, 0.29) is 5.91 Å². The molecule has 0 aliphatic carbocycles. The molecule has 8 nitrogen and oxygen atoms in total. The number of carbonyl (C=O) groups is 3. The number of hydrogen-bond donors (Lipinski definition) is 3. The molecule has 3 N–H and O–H groups in total. The highest BCUT2D eigenvalue weighted by atomic mass is 16.2. The molecule has 3 rings (SSSR count). The standard InChI is InChI=1S/C22H33N5O3/c1-17-5-4-13-26(15-17)12-3-2-10-24-21(29)22(30)25-18-6-8-19(9-7-18)27-14-11-23-20(28)16-27/h6-9,17H,2-5,10-16H2,1H3,(H,23,28)(H,24,29)(H,25,30)/t17-/m0/s1. The van der Waals surface area contributed by atoms with Gasteiger partial charge in [-0.15, -0.1) is 0 Å². The summed E-state index contributed by atoms with van der Waals surface area (Å²) < 4.78 is 0. The van der Waals surface area contributed by atoms with Gasteiger partial charge in [0.2, 0.25) is 5.91 Å². The molecule has 0 radical (unpaired) electrons. The number of carbonyl (C=O) groups excluding carboxylic acids is 3. The smallest absolute Gasteiger partial charge is 0.313 e. The van der Waals surface area contributed by atoms with Crippen LogP contribution in [0.1, 0.15) is 32.6 Å². The number of rotatable bonds is 7. The third-order valence-corrected chi connectivity index (χ3v) is 5.66. The predicted octanol–water partition coefficient (Wildman–Crippen LogP) is 1.19. The van der Waals surface area contributed by atoms with Gasteiger partial charge in [0, 0.05) is 37.6 Å². The first-order valence-electron chi connectivity index (χ1n) is 10.9. The number of piperidine rings is 1. The number of likely N-dealkylation sites (tertiary alicyclic amines) is 1. The van der Waals surface area contributed by atoms with Gasteiger partial charge < -0.3 is 25.8 Å². The van der Waals surface area contributed by atoms with Crippen molar-refractivity contribution in [3.63, 3.8) is 0 Å². The van der Waals surface area contributed by atoms with E-state index < -0.39 is 11.8 Å². The summed E-state index contributed by atoms with van der Waals surface area (Å²) in [4.78, 5) is 40.1. The SMILES string of the molecule is C[C@H]1CCCN(CCCCNC(=O)C(=O)Nc2ccc(N3CCNC(=O)C3)cc2)C1. The lowest BCUT2D eigenvalue weighted by atomic mass is 10.0. The Morgan fingerprint density at radius 3 is 2.67 bits per heavy atom. The average molecular weight is 416 g/mol. The van der Waals surface area contributed by atoms with Gasteiger partial charge in [0.05, 0.1) is 6.54 Å². The third kappa shape index (κ3) is 6.73. The maximum Gasteiger partial charge on any atom is 0.313 e. The van der Waals surface area contributed by atoms with Crippen molar-refractivity contribution in [3.05, 3.63) is 24.3 Å². The Balaban J connectivity index is 1.33. The lowest BCUT2D eigenvalue weighted by molar-refractivity contribution is -0.136. The van der Waals surface area contributed by atoms with Crippen molar-refractivity contribution >= 4 is 29.1 Å². The van der Waals surface area contributed by atoms with Gasteiger partial charge in [-0.1, -0.05) is 6.92 Å². The minimum Gasteiger partial charge on any atom is -0.360 e. The largest absolute Gasteiger partial charge is 0.360 e.